The van der Waals surface area contributed by atoms with Crippen LogP contribution in [0, 0.1) is 0 Å². The van der Waals surface area contributed by atoms with Gasteiger partial charge in [0.05, 0.1) is 15.9 Å². The molecule has 4 heteroatoms. The average molecular weight is 242 g/mol. The molecule has 0 radical (unpaired) electrons. The zero-order valence-electron chi connectivity index (χ0n) is 8.92. The summed E-state index contributed by atoms with van der Waals surface area (Å²) in [5, 5.41) is 9.75. The number of fused-ring (bicyclic) bond motifs is 1. The minimum atomic E-state index is 0.676. The van der Waals surface area contributed by atoms with Crippen LogP contribution < -0.4 is 5.48 Å². The van der Waals surface area contributed by atoms with Crippen LogP contribution in [0.2, 0.25) is 0 Å². The van der Waals surface area contributed by atoms with Gasteiger partial charge in [0, 0.05) is 5.56 Å². The molecule has 2 aromatic carbocycles. The second kappa shape index (κ2) is 4.16. The van der Waals surface area contributed by atoms with Gasteiger partial charge in [0.25, 0.3) is 0 Å². The fraction of sp³-hybridized carbons (Fsp3) is 0. The standard InChI is InChI=1S/C13H10N2OS/c16-15-10-7-5-9(6-8-10)13-14-11-3-1-2-4-12(11)17-13/h1-8,15-16H. The van der Waals surface area contributed by atoms with E-state index in [4.69, 9.17) is 5.21 Å². The number of nitrogens with one attached hydrogen (secondary N) is 1. The molecule has 17 heavy (non-hydrogen) atoms. The largest absolute Gasteiger partial charge is 0.291 e. The summed E-state index contributed by atoms with van der Waals surface area (Å²) in [6.45, 7) is 0. The fourth-order valence-corrected chi connectivity index (χ4v) is 2.65. The Bertz CT molecular complexity index is 613. The van der Waals surface area contributed by atoms with Crippen molar-refractivity contribution >= 4 is 27.2 Å². The summed E-state index contributed by atoms with van der Waals surface area (Å²) < 4.78 is 1.19. The first-order chi connectivity index (χ1) is 8.36. The van der Waals surface area contributed by atoms with E-state index in [1.807, 2.05) is 42.5 Å². The molecule has 0 fully saturated rings. The second-order valence-corrected chi connectivity index (χ2v) is 4.71. The topological polar surface area (TPSA) is 45.1 Å². The lowest BCUT2D eigenvalue weighted by atomic mass is 10.2. The molecular weight excluding hydrogens is 232 g/mol. The zero-order chi connectivity index (χ0) is 11.7. The summed E-state index contributed by atoms with van der Waals surface area (Å²) in [5.41, 5.74) is 4.88. The summed E-state index contributed by atoms with van der Waals surface area (Å²) in [6.07, 6.45) is 0. The Morgan fingerprint density at radius 2 is 1.76 bits per heavy atom. The lowest BCUT2D eigenvalue weighted by Crippen LogP contribution is -1.87. The van der Waals surface area contributed by atoms with Crippen LogP contribution in [0.3, 0.4) is 0 Å². The van der Waals surface area contributed by atoms with Crippen LogP contribution in [0.1, 0.15) is 0 Å². The van der Waals surface area contributed by atoms with Crippen molar-refractivity contribution in [2.45, 2.75) is 0 Å². The van der Waals surface area contributed by atoms with Gasteiger partial charge in [-0.1, -0.05) is 12.1 Å². The molecule has 0 amide bonds. The van der Waals surface area contributed by atoms with Gasteiger partial charge in [-0.05, 0) is 36.4 Å². The van der Waals surface area contributed by atoms with Gasteiger partial charge in [-0.3, -0.25) is 10.7 Å². The van der Waals surface area contributed by atoms with Crippen molar-refractivity contribution in [2.24, 2.45) is 0 Å². The van der Waals surface area contributed by atoms with Gasteiger partial charge in [0.15, 0.2) is 0 Å². The van der Waals surface area contributed by atoms with E-state index in [0.717, 1.165) is 16.1 Å². The number of para-hydroxylation sites is 1. The Balaban J connectivity index is 2.07. The predicted molar refractivity (Wildman–Crippen MR) is 70.5 cm³/mol. The van der Waals surface area contributed by atoms with Crippen molar-refractivity contribution in [3.63, 3.8) is 0 Å². The molecule has 0 aliphatic carbocycles. The Morgan fingerprint density at radius 1 is 1.00 bits per heavy atom. The van der Waals surface area contributed by atoms with Gasteiger partial charge in [0.1, 0.15) is 5.01 Å². The molecule has 0 unspecified atom stereocenters. The van der Waals surface area contributed by atoms with Crippen LogP contribution in [-0.4, -0.2) is 10.2 Å². The Morgan fingerprint density at radius 3 is 2.47 bits per heavy atom. The molecule has 3 aromatic rings. The third-order valence-corrected chi connectivity index (χ3v) is 3.64. The number of aromatic nitrogens is 1. The maximum absolute atomic E-state index is 8.75. The molecule has 0 aliphatic heterocycles. The van der Waals surface area contributed by atoms with E-state index < -0.39 is 0 Å². The second-order valence-electron chi connectivity index (χ2n) is 3.68. The minimum Gasteiger partial charge on any atom is -0.291 e. The van der Waals surface area contributed by atoms with Crippen molar-refractivity contribution in [1.29, 1.82) is 0 Å². The molecule has 0 atom stereocenters. The van der Waals surface area contributed by atoms with Gasteiger partial charge < -0.3 is 0 Å². The van der Waals surface area contributed by atoms with Gasteiger partial charge in [0.2, 0.25) is 0 Å². The SMILES string of the molecule is ONc1ccc(-c2nc3ccccc3s2)cc1. The van der Waals surface area contributed by atoms with Crippen molar-refractivity contribution in [1.82, 2.24) is 4.98 Å². The molecule has 1 heterocycles. The predicted octanol–water partition coefficient (Wildman–Crippen LogP) is 3.76. The highest BCUT2D eigenvalue weighted by atomic mass is 32.1. The van der Waals surface area contributed by atoms with Crippen molar-refractivity contribution < 1.29 is 5.21 Å². The van der Waals surface area contributed by atoms with Crippen LogP contribution in [0.15, 0.2) is 48.5 Å². The van der Waals surface area contributed by atoms with Crippen LogP contribution in [0.25, 0.3) is 20.8 Å². The maximum Gasteiger partial charge on any atom is 0.124 e. The number of anilines is 1. The van der Waals surface area contributed by atoms with Crippen LogP contribution in [-0.2, 0) is 0 Å². The van der Waals surface area contributed by atoms with Gasteiger partial charge in [-0.15, -0.1) is 11.3 Å². The fourth-order valence-electron chi connectivity index (χ4n) is 1.68. The van der Waals surface area contributed by atoms with E-state index in [2.05, 4.69) is 16.5 Å². The van der Waals surface area contributed by atoms with E-state index in [-0.39, 0.29) is 0 Å². The number of hydrogen-bond donors (Lipinski definition) is 2. The summed E-state index contributed by atoms with van der Waals surface area (Å²) in [6, 6.07) is 15.6. The number of hydrogen-bond acceptors (Lipinski definition) is 4. The lowest BCUT2D eigenvalue weighted by molar-refractivity contribution is 0.389. The van der Waals surface area contributed by atoms with E-state index in [0.29, 0.717) is 5.69 Å². The third-order valence-electron chi connectivity index (χ3n) is 2.55. The molecular formula is C13H10N2OS. The van der Waals surface area contributed by atoms with Crippen LogP contribution in [0.5, 0.6) is 0 Å². The molecule has 0 saturated carbocycles. The number of nitrogens with zero attached hydrogens (tertiary/aromatic N) is 1. The highest BCUT2D eigenvalue weighted by Crippen LogP contribution is 2.30. The first-order valence-corrected chi connectivity index (χ1v) is 6.04. The highest BCUT2D eigenvalue weighted by molar-refractivity contribution is 7.21. The quantitative estimate of drug-likeness (QED) is 0.672. The van der Waals surface area contributed by atoms with Crippen molar-refractivity contribution in [3.05, 3.63) is 48.5 Å². The summed E-state index contributed by atoms with van der Waals surface area (Å²) in [4.78, 5) is 4.57. The van der Waals surface area contributed by atoms with E-state index >= 15 is 0 Å². The van der Waals surface area contributed by atoms with Gasteiger partial charge in [-0.25, -0.2) is 4.98 Å². The molecule has 3 rings (SSSR count). The molecule has 2 N–H and O–H groups in total. The first-order valence-electron chi connectivity index (χ1n) is 5.23. The van der Waals surface area contributed by atoms with Gasteiger partial charge in [-0.2, -0.15) is 0 Å². The third kappa shape index (κ3) is 1.88. The Labute approximate surface area is 102 Å². The summed E-state index contributed by atoms with van der Waals surface area (Å²) in [5.74, 6) is 0. The Hall–Kier alpha value is -1.91. The van der Waals surface area contributed by atoms with Gasteiger partial charge >= 0.3 is 0 Å². The van der Waals surface area contributed by atoms with Crippen molar-refractivity contribution in [3.8, 4) is 10.6 Å². The number of benzene rings is 2. The molecule has 0 saturated heterocycles. The van der Waals surface area contributed by atoms with Crippen LogP contribution >= 0.6 is 11.3 Å². The molecule has 0 aliphatic rings. The number of rotatable bonds is 2. The van der Waals surface area contributed by atoms with E-state index in [9.17, 15) is 0 Å². The summed E-state index contributed by atoms with van der Waals surface area (Å²) in [7, 11) is 0. The smallest absolute Gasteiger partial charge is 0.124 e. The normalized spacial score (nSPS) is 10.6. The van der Waals surface area contributed by atoms with Crippen LogP contribution in [0.4, 0.5) is 5.69 Å². The molecule has 1 aromatic heterocycles. The highest BCUT2D eigenvalue weighted by Gasteiger charge is 2.05. The first kappa shape index (κ1) is 10.3. The molecule has 3 nitrogen and oxygen atoms in total. The minimum absolute atomic E-state index is 0.676. The maximum atomic E-state index is 8.75. The zero-order valence-corrected chi connectivity index (χ0v) is 9.74. The molecule has 84 valence electrons. The van der Waals surface area contributed by atoms with Crippen molar-refractivity contribution in [2.75, 3.05) is 5.48 Å². The number of thiazole rings is 1. The Kier molecular flexibility index (Phi) is 2.51. The lowest BCUT2D eigenvalue weighted by Gasteiger charge is -1.99. The molecule has 0 bridgehead atoms. The van der Waals surface area contributed by atoms with E-state index in [1.54, 1.807) is 11.3 Å². The summed E-state index contributed by atoms with van der Waals surface area (Å²) >= 11 is 1.67. The van der Waals surface area contributed by atoms with E-state index in [1.165, 1.54) is 4.70 Å². The monoisotopic (exact) mass is 242 g/mol. The molecule has 0 spiro atoms. The average Bonchev–Trinajstić information content (AvgIpc) is 2.82.